The van der Waals surface area contributed by atoms with E-state index >= 15 is 0 Å². The minimum absolute atomic E-state index is 0.0890. The highest BCUT2D eigenvalue weighted by molar-refractivity contribution is 5.93. The lowest BCUT2D eigenvalue weighted by molar-refractivity contribution is 0.0515. The minimum Gasteiger partial charge on any atom is -0.388 e. The van der Waals surface area contributed by atoms with Crippen molar-refractivity contribution in [3.8, 4) is 0 Å². The smallest absolute Gasteiger partial charge is 0.272 e. The molecule has 2 atom stereocenters. The maximum Gasteiger partial charge on any atom is 0.272 e. The standard InChI is InChI=1S/C16H23N3O/c1-17-14-6-8-18-15(10-14)16(20)19-9-7-12-4-2-3-5-13(12)11-19/h6,8,10,12-13H,2-5,7,9,11H2,1H3,(H,17,18). The van der Waals surface area contributed by atoms with Crippen molar-refractivity contribution >= 4 is 11.6 Å². The number of rotatable bonds is 2. The Morgan fingerprint density at radius 2 is 2.10 bits per heavy atom. The van der Waals surface area contributed by atoms with Gasteiger partial charge in [0.15, 0.2) is 0 Å². The van der Waals surface area contributed by atoms with Crippen molar-refractivity contribution < 1.29 is 4.79 Å². The lowest BCUT2D eigenvalue weighted by Crippen LogP contribution is -2.45. The van der Waals surface area contributed by atoms with E-state index < -0.39 is 0 Å². The summed E-state index contributed by atoms with van der Waals surface area (Å²) >= 11 is 0. The van der Waals surface area contributed by atoms with Crippen LogP contribution in [0.4, 0.5) is 5.69 Å². The molecule has 108 valence electrons. The van der Waals surface area contributed by atoms with Crippen LogP contribution < -0.4 is 5.32 Å². The first-order valence-corrected chi connectivity index (χ1v) is 7.71. The van der Waals surface area contributed by atoms with E-state index in [1.165, 1.54) is 32.1 Å². The van der Waals surface area contributed by atoms with Crippen LogP contribution in [-0.2, 0) is 0 Å². The van der Waals surface area contributed by atoms with Crippen molar-refractivity contribution in [2.24, 2.45) is 11.8 Å². The van der Waals surface area contributed by atoms with Gasteiger partial charge >= 0.3 is 0 Å². The minimum atomic E-state index is 0.0890. The second kappa shape index (κ2) is 5.81. The van der Waals surface area contributed by atoms with Crippen LogP contribution in [0.5, 0.6) is 0 Å². The topological polar surface area (TPSA) is 45.2 Å². The molecule has 0 radical (unpaired) electrons. The Morgan fingerprint density at radius 1 is 1.30 bits per heavy atom. The van der Waals surface area contributed by atoms with Gasteiger partial charge in [-0.3, -0.25) is 9.78 Å². The van der Waals surface area contributed by atoms with E-state index in [0.29, 0.717) is 11.6 Å². The van der Waals surface area contributed by atoms with Gasteiger partial charge in [-0.15, -0.1) is 0 Å². The fraction of sp³-hybridized carbons (Fsp3) is 0.625. The first-order chi connectivity index (χ1) is 9.78. The molecule has 0 aromatic carbocycles. The average molecular weight is 273 g/mol. The van der Waals surface area contributed by atoms with Crippen LogP contribution in [0.3, 0.4) is 0 Å². The van der Waals surface area contributed by atoms with E-state index in [1.807, 2.05) is 24.1 Å². The van der Waals surface area contributed by atoms with Crippen molar-refractivity contribution in [1.29, 1.82) is 0 Å². The van der Waals surface area contributed by atoms with Crippen LogP contribution in [0, 0.1) is 11.8 Å². The number of hydrogen-bond acceptors (Lipinski definition) is 3. The second-order valence-electron chi connectivity index (χ2n) is 6.02. The molecule has 20 heavy (non-hydrogen) atoms. The van der Waals surface area contributed by atoms with Gasteiger partial charge in [-0.1, -0.05) is 19.3 Å². The summed E-state index contributed by atoms with van der Waals surface area (Å²) in [6.07, 6.45) is 8.23. The van der Waals surface area contributed by atoms with E-state index in [1.54, 1.807) is 6.20 Å². The summed E-state index contributed by atoms with van der Waals surface area (Å²) in [5, 5.41) is 3.06. The fourth-order valence-electron chi connectivity index (χ4n) is 3.65. The highest BCUT2D eigenvalue weighted by Crippen LogP contribution is 2.36. The number of aromatic nitrogens is 1. The van der Waals surface area contributed by atoms with Gasteiger partial charge in [0.1, 0.15) is 5.69 Å². The lowest BCUT2D eigenvalue weighted by Gasteiger charge is -2.41. The first kappa shape index (κ1) is 13.4. The molecule has 2 heterocycles. The largest absolute Gasteiger partial charge is 0.388 e. The zero-order valence-corrected chi connectivity index (χ0v) is 12.1. The quantitative estimate of drug-likeness (QED) is 0.901. The van der Waals surface area contributed by atoms with Gasteiger partial charge in [-0.25, -0.2) is 0 Å². The summed E-state index contributed by atoms with van der Waals surface area (Å²) in [6.45, 7) is 1.82. The number of carbonyl (C=O) groups is 1. The van der Waals surface area contributed by atoms with E-state index in [0.717, 1.165) is 24.7 Å². The molecule has 1 aliphatic carbocycles. The number of carbonyl (C=O) groups excluding carboxylic acids is 1. The van der Waals surface area contributed by atoms with Crippen LogP contribution in [0.15, 0.2) is 18.3 Å². The molecule has 2 unspecified atom stereocenters. The number of fused-ring (bicyclic) bond motifs is 1. The van der Waals surface area contributed by atoms with Crippen LogP contribution >= 0.6 is 0 Å². The molecule has 1 aromatic heterocycles. The van der Waals surface area contributed by atoms with E-state index in [9.17, 15) is 4.79 Å². The van der Waals surface area contributed by atoms with Crippen molar-refractivity contribution in [3.63, 3.8) is 0 Å². The molecule has 1 saturated carbocycles. The van der Waals surface area contributed by atoms with Crippen molar-refractivity contribution in [3.05, 3.63) is 24.0 Å². The Morgan fingerprint density at radius 3 is 2.90 bits per heavy atom. The van der Waals surface area contributed by atoms with Gasteiger partial charge in [0.2, 0.25) is 0 Å². The maximum atomic E-state index is 12.6. The van der Waals surface area contributed by atoms with Crippen LogP contribution in [0.1, 0.15) is 42.6 Å². The summed E-state index contributed by atoms with van der Waals surface area (Å²) in [7, 11) is 1.86. The molecule has 2 fully saturated rings. The zero-order chi connectivity index (χ0) is 13.9. The molecule has 1 aliphatic heterocycles. The third-order valence-electron chi connectivity index (χ3n) is 4.85. The first-order valence-electron chi connectivity index (χ1n) is 7.71. The summed E-state index contributed by atoms with van der Waals surface area (Å²) in [6, 6.07) is 3.72. The average Bonchev–Trinajstić information content (AvgIpc) is 2.53. The molecule has 1 aromatic rings. The Bertz CT molecular complexity index is 488. The Balaban J connectivity index is 1.70. The van der Waals surface area contributed by atoms with Crippen molar-refractivity contribution in [2.75, 3.05) is 25.5 Å². The Hall–Kier alpha value is -1.58. The molecule has 3 rings (SSSR count). The zero-order valence-electron chi connectivity index (χ0n) is 12.1. The van der Waals surface area contributed by atoms with E-state index in [2.05, 4.69) is 10.3 Å². The normalized spacial score (nSPS) is 25.9. The molecule has 2 aliphatic rings. The van der Waals surface area contributed by atoms with Gasteiger partial charge in [-0.2, -0.15) is 0 Å². The predicted octanol–water partition coefficient (Wildman–Crippen LogP) is 2.78. The highest BCUT2D eigenvalue weighted by atomic mass is 16.2. The van der Waals surface area contributed by atoms with Gasteiger partial charge in [0.05, 0.1) is 0 Å². The van der Waals surface area contributed by atoms with Gasteiger partial charge in [0.25, 0.3) is 5.91 Å². The van der Waals surface area contributed by atoms with Gasteiger partial charge in [0, 0.05) is 32.0 Å². The van der Waals surface area contributed by atoms with E-state index in [-0.39, 0.29) is 5.91 Å². The summed E-state index contributed by atoms with van der Waals surface area (Å²) in [4.78, 5) is 18.8. The monoisotopic (exact) mass is 273 g/mol. The van der Waals surface area contributed by atoms with Crippen LogP contribution in [-0.4, -0.2) is 35.9 Å². The molecule has 0 bridgehead atoms. The van der Waals surface area contributed by atoms with Crippen LogP contribution in [0.25, 0.3) is 0 Å². The molecular weight excluding hydrogens is 250 g/mol. The molecule has 0 spiro atoms. The second-order valence-corrected chi connectivity index (χ2v) is 6.02. The molecule has 1 amide bonds. The molecule has 4 nitrogen and oxygen atoms in total. The molecular formula is C16H23N3O. The number of pyridine rings is 1. The number of anilines is 1. The highest BCUT2D eigenvalue weighted by Gasteiger charge is 2.33. The number of piperidine rings is 1. The van der Waals surface area contributed by atoms with Crippen molar-refractivity contribution in [2.45, 2.75) is 32.1 Å². The Labute approximate surface area is 120 Å². The number of likely N-dealkylation sites (tertiary alicyclic amines) is 1. The summed E-state index contributed by atoms with van der Waals surface area (Å²) in [5.74, 6) is 1.66. The maximum absolute atomic E-state index is 12.6. The van der Waals surface area contributed by atoms with E-state index in [4.69, 9.17) is 0 Å². The summed E-state index contributed by atoms with van der Waals surface area (Å²) in [5.41, 5.74) is 1.50. The van der Waals surface area contributed by atoms with Crippen molar-refractivity contribution in [1.82, 2.24) is 9.88 Å². The number of hydrogen-bond donors (Lipinski definition) is 1. The van der Waals surface area contributed by atoms with Gasteiger partial charge < -0.3 is 10.2 Å². The fourth-order valence-corrected chi connectivity index (χ4v) is 3.65. The summed E-state index contributed by atoms with van der Waals surface area (Å²) < 4.78 is 0. The number of nitrogens with one attached hydrogen (secondary N) is 1. The third kappa shape index (κ3) is 2.65. The number of amides is 1. The third-order valence-corrected chi connectivity index (χ3v) is 4.85. The number of nitrogens with zero attached hydrogens (tertiary/aromatic N) is 2. The van der Waals surface area contributed by atoms with Crippen LogP contribution in [0.2, 0.25) is 0 Å². The van der Waals surface area contributed by atoms with Gasteiger partial charge in [-0.05, 0) is 36.8 Å². The molecule has 1 saturated heterocycles. The SMILES string of the molecule is CNc1ccnc(C(=O)N2CCC3CCCCC3C2)c1. The Kier molecular flexibility index (Phi) is 3.90. The predicted molar refractivity (Wildman–Crippen MR) is 79.8 cm³/mol. The molecule has 4 heteroatoms. The lowest BCUT2D eigenvalue weighted by atomic mass is 9.75. The molecule has 1 N–H and O–H groups in total.